The third-order valence-corrected chi connectivity index (χ3v) is 2.67. The number of Topliss-reactive ketones (excluding diaryl/α,β-unsaturated/α-hetero) is 1. The molecule has 0 saturated heterocycles. The topological polar surface area (TPSA) is 91.7 Å². The predicted molar refractivity (Wildman–Crippen MR) is 53.3 cm³/mol. The van der Waals surface area contributed by atoms with Gasteiger partial charge in [-0.1, -0.05) is 11.6 Å². The van der Waals surface area contributed by atoms with E-state index in [9.17, 15) is 13.2 Å². The highest BCUT2D eigenvalue weighted by Crippen LogP contribution is 2.12. The van der Waals surface area contributed by atoms with Gasteiger partial charge < -0.3 is 5.11 Å². The molecular weight excluding hydrogens is 244 g/mol. The van der Waals surface area contributed by atoms with Crippen molar-refractivity contribution in [1.82, 2.24) is 0 Å². The van der Waals surface area contributed by atoms with Crippen molar-refractivity contribution in [3.8, 4) is 0 Å². The van der Waals surface area contributed by atoms with Crippen LogP contribution in [0, 0.1) is 0 Å². The standard InChI is InChI=1S/C8H7ClO5S/c9-6-3-1-5(2-4-6)7(10)8(11)15(12,13)14/h1-4,8,11H,(H,12,13,14). The van der Waals surface area contributed by atoms with Gasteiger partial charge in [-0.3, -0.25) is 9.35 Å². The Morgan fingerprint density at radius 1 is 1.27 bits per heavy atom. The summed E-state index contributed by atoms with van der Waals surface area (Å²) in [7, 11) is -4.79. The predicted octanol–water partition coefficient (Wildman–Crippen LogP) is 0.729. The molecule has 0 radical (unpaired) electrons. The summed E-state index contributed by atoms with van der Waals surface area (Å²) in [6.45, 7) is 0. The second kappa shape index (κ2) is 4.28. The third-order valence-electron chi connectivity index (χ3n) is 1.64. The van der Waals surface area contributed by atoms with Crippen LogP contribution in [-0.2, 0) is 10.1 Å². The zero-order chi connectivity index (χ0) is 11.6. The Morgan fingerprint density at radius 3 is 2.13 bits per heavy atom. The molecule has 0 aliphatic rings. The van der Waals surface area contributed by atoms with Gasteiger partial charge in [0, 0.05) is 10.6 Å². The molecule has 0 saturated carbocycles. The first-order chi connectivity index (χ1) is 6.82. The minimum Gasteiger partial charge on any atom is -0.369 e. The number of hydrogen-bond donors (Lipinski definition) is 2. The van der Waals surface area contributed by atoms with Gasteiger partial charge in [-0.15, -0.1) is 0 Å². The van der Waals surface area contributed by atoms with Crippen molar-refractivity contribution in [2.45, 2.75) is 5.44 Å². The maximum atomic E-state index is 11.3. The van der Waals surface area contributed by atoms with Gasteiger partial charge in [-0.05, 0) is 24.3 Å². The highest BCUT2D eigenvalue weighted by molar-refractivity contribution is 7.87. The van der Waals surface area contributed by atoms with Gasteiger partial charge in [-0.25, -0.2) is 0 Å². The summed E-state index contributed by atoms with van der Waals surface area (Å²) in [5.41, 5.74) is -2.51. The average molecular weight is 251 g/mol. The molecule has 0 aromatic heterocycles. The molecule has 82 valence electrons. The molecule has 0 aliphatic heterocycles. The van der Waals surface area contributed by atoms with Crippen LogP contribution in [0.2, 0.25) is 5.02 Å². The van der Waals surface area contributed by atoms with Crippen LogP contribution in [0.3, 0.4) is 0 Å². The summed E-state index contributed by atoms with van der Waals surface area (Å²) in [5.74, 6) is -1.10. The number of aliphatic hydroxyl groups excluding tert-OH is 1. The molecule has 0 spiro atoms. The Morgan fingerprint density at radius 2 is 1.73 bits per heavy atom. The van der Waals surface area contributed by atoms with E-state index in [1.165, 1.54) is 24.3 Å². The van der Waals surface area contributed by atoms with Gasteiger partial charge in [0.2, 0.25) is 11.2 Å². The maximum absolute atomic E-state index is 11.3. The Balaban J connectivity index is 3.01. The Bertz CT molecular complexity index is 464. The first kappa shape index (κ1) is 12.1. The zero-order valence-electron chi connectivity index (χ0n) is 7.29. The van der Waals surface area contributed by atoms with Crippen molar-refractivity contribution in [1.29, 1.82) is 0 Å². The molecule has 0 bridgehead atoms. The molecule has 1 atom stereocenters. The number of ketones is 1. The number of aliphatic hydroxyl groups is 1. The largest absolute Gasteiger partial charge is 0.369 e. The molecule has 1 aromatic carbocycles. The zero-order valence-corrected chi connectivity index (χ0v) is 8.86. The van der Waals surface area contributed by atoms with Gasteiger partial charge in [0.1, 0.15) is 0 Å². The summed E-state index contributed by atoms with van der Waals surface area (Å²) in [4.78, 5) is 11.3. The second-order valence-electron chi connectivity index (χ2n) is 2.74. The van der Waals surface area contributed by atoms with E-state index in [2.05, 4.69) is 0 Å². The number of carbonyl (C=O) groups excluding carboxylic acids is 1. The molecule has 7 heteroatoms. The Kier molecular flexibility index (Phi) is 3.46. The fourth-order valence-corrected chi connectivity index (χ4v) is 1.42. The van der Waals surface area contributed by atoms with Crippen molar-refractivity contribution in [3.63, 3.8) is 0 Å². The lowest BCUT2D eigenvalue weighted by Gasteiger charge is -2.05. The lowest BCUT2D eigenvalue weighted by atomic mass is 10.1. The first-order valence-electron chi connectivity index (χ1n) is 3.76. The molecule has 0 fully saturated rings. The van der Waals surface area contributed by atoms with Crippen molar-refractivity contribution in [3.05, 3.63) is 34.9 Å². The summed E-state index contributed by atoms with van der Waals surface area (Å²) in [6, 6.07) is 5.23. The van der Waals surface area contributed by atoms with E-state index < -0.39 is 21.3 Å². The van der Waals surface area contributed by atoms with Crippen LogP contribution in [0.5, 0.6) is 0 Å². The first-order valence-corrected chi connectivity index (χ1v) is 5.64. The number of benzene rings is 1. The lowest BCUT2D eigenvalue weighted by molar-refractivity contribution is 0.0848. The molecule has 2 N–H and O–H groups in total. The van der Waals surface area contributed by atoms with Gasteiger partial charge in [0.15, 0.2) is 0 Å². The van der Waals surface area contributed by atoms with Crippen LogP contribution in [0.15, 0.2) is 24.3 Å². The van der Waals surface area contributed by atoms with Crippen LogP contribution in [0.1, 0.15) is 10.4 Å². The van der Waals surface area contributed by atoms with Crippen LogP contribution >= 0.6 is 11.6 Å². The third kappa shape index (κ3) is 3.00. The summed E-state index contributed by atoms with van der Waals surface area (Å²) < 4.78 is 29.4. The molecule has 15 heavy (non-hydrogen) atoms. The van der Waals surface area contributed by atoms with Crippen molar-refractivity contribution < 1.29 is 22.9 Å². The molecule has 1 rings (SSSR count). The average Bonchev–Trinajstić information content (AvgIpc) is 2.15. The minimum atomic E-state index is -4.79. The van der Waals surface area contributed by atoms with Gasteiger partial charge in [0.05, 0.1) is 0 Å². The molecule has 1 aromatic rings. The number of halogens is 1. The monoisotopic (exact) mass is 250 g/mol. The highest BCUT2D eigenvalue weighted by Gasteiger charge is 2.28. The molecule has 0 aliphatic carbocycles. The smallest absolute Gasteiger partial charge is 0.299 e. The van der Waals surface area contributed by atoms with Crippen molar-refractivity contribution in [2.75, 3.05) is 0 Å². The minimum absolute atomic E-state index is 0.0514. The van der Waals surface area contributed by atoms with Gasteiger partial charge in [-0.2, -0.15) is 8.42 Å². The van der Waals surface area contributed by atoms with Gasteiger partial charge >= 0.3 is 0 Å². The van der Waals surface area contributed by atoms with Crippen LogP contribution in [0.25, 0.3) is 0 Å². The lowest BCUT2D eigenvalue weighted by Crippen LogP contribution is -2.29. The summed E-state index contributed by atoms with van der Waals surface area (Å²) >= 11 is 5.54. The molecular formula is C8H7ClO5S. The number of carbonyl (C=O) groups is 1. The van der Waals surface area contributed by atoms with E-state index >= 15 is 0 Å². The van der Waals surface area contributed by atoms with Crippen molar-refractivity contribution >= 4 is 27.5 Å². The van der Waals surface area contributed by atoms with E-state index in [1.807, 2.05) is 0 Å². The van der Waals surface area contributed by atoms with E-state index in [1.54, 1.807) is 0 Å². The fraction of sp³-hybridized carbons (Fsp3) is 0.125. The summed E-state index contributed by atoms with van der Waals surface area (Å²) in [6.07, 6.45) is 0. The summed E-state index contributed by atoms with van der Waals surface area (Å²) in [5, 5.41) is 9.32. The number of hydrogen-bond acceptors (Lipinski definition) is 4. The Labute approximate surface area is 91.0 Å². The fourth-order valence-electron chi connectivity index (χ4n) is 0.892. The van der Waals surface area contributed by atoms with Crippen molar-refractivity contribution in [2.24, 2.45) is 0 Å². The Hall–Kier alpha value is -0.950. The molecule has 1 unspecified atom stereocenters. The van der Waals surface area contributed by atoms with Gasteiger partial charge in [0.25, 0.3) is 10.1 Å². The maximum Gasteiger partial charge on any atom is 0.299 e. The van der Waals surface area contributed by atoms with E-state index in [0.29, 0.717) is 5.02 Å². The normalized spacial score (nSPS) is 13.5. The second-order valence-corrected chi connectivity index (χ2v) is 4.65. The van der Waals surface area contributed by atoms with Crippen LogP contribution in [0.4, 0.5) is 0 Å². The van der Waals surface area contributed by atoms with Crippen LogP contribution < -0.4 is 0 Å². The van der Waals surface area contributed by atoms with E-state index in [0.717, 1.165) is 0 Å². The van der Waals surface area contributed by atoms with Crippen LogP contribution in [-0.4, -0.2) is 29.3 Å². The SMILES string of the molecule is O=C(c1ccc(Cl)cc1)C(O)S(=O)(=O)O. The van der Waals surface area contributed by atoms with E-state index in [-0.39, 0.29) is 5.56 Å². The molecule has 0 amide bonds. The quantitative estimate of drug-likeness (QED) is 0.609. The highest BCUT2D eigenvalue weighted by atomic mass is 35.5. The molecule has 5 nitrogen and oxygen atoms in total. The molecule has 0 heterocycles. The van der Waals surface area contributed by atoms with E-state index in [4.69, 9.17) is 21.3 Å². The number of rotatable bonds is 3.